The Morgan fingerprint density at radius 2 is 1.48 bits per heavy atom. The minimum Gasteiger partial charge on any atom is -0.473 e. The van der Waals surface area contributed by atoms with Gasteiger partial charge in [-0.25, -0.2) is 9.59 Å². The van der Waals surface area contributed by atoms with E-state index in [9.17, 15) is 0 Å². The van der Waals surface area contributed by atoms with Gasteiger partial charge in [-0.3, -0.25) is 4.90 Å². The summed E-state index contributed by atoms with van der Waals surface area (Å²) in [5.74, 6) is -3.65. The van der Waals surface area contributed by atoms with Crippen molar-refractivity contribution in [3.05, 3.63) is 64.1 Å². The number of carboxylic acids is 2. The number of carboxylic acid groups (broad SMARTS) is 2. The van der Waals surface area contributed by atoms with Crippen molar-refractivity contribution < 1.29 is 19.8 Å². The maximum Gasteiger partial charge on any atom is 0.414 e. The molecule has 144 valence electrons. The lowest BCUT2D eigenvalue weighted by atomic mass is 10.2. The zero-order valence-electron chi connectivity index (χ0n) is 14.5. The first-order valence-electron chi connectivity index (χ1n) is 8.29. The fraction of sp³-hybridized carbons (Fsp3) is 0.263. The summed E-state index contributed by atoms with van der Waals surface area (Å²) < 4.78 is 0. The summed E-state index contributed by atoms with van der Waals surface area (Å²) in [6.07, 6.45) is 0. The Labute approximate surface area is 167 Å². The molecule has 0 bridgehead atoms. The molecule has 0 spiro atoms. The third kappa shape index (κ3) is 6.75. The highest BCUT2D eigenvalue weighted by Crippen LogP contribution is 2.23. The molecule has 1 saturated heterocycles. The smallest absolute Gasteiger partial charge is 0.414 e. The fourth-order valence-corrected chi connectivity index (χ4v) is 3.16. The van der Waals surface area contributed by atoms with Crippen LogP contribution in [-0.4, -0.2) is 53.2 Å². The Kier molecular flexibility index (Phi) is 7.91. The van der Waals surface area contributed by atoms with Crippen LogP contribution < -0.4 is 4.90 Å². The molecule has 1 aliphatic heterocycles. The van der Waals surface area contributed by atoms with Crippen LogP contribution >= 0.6 is 23.2 Å². The highest BCUT2D eigenvalue weighted by Gasteiger charge is 2.17. The third-order valence-corrected chi connectivity index (χ3v) is 4.67. The summed E-state index contributed by atoms with van der Waals surface area (Å²) in [6.45, 7) is 5.09. The Morgan fingerprint density at radius 3 is 2.00 bits per heavy atom. The molecule has 0 aliphatic carbocycles. The molecular weight excluding hydrogens is 391 g/mol. The molecule has 0 radical (unpaired) electrons. The standard InChI is InChI=1S/C17H18Cl2N2.C2H2O4/c18-15-7-6-14(17(19)12-15)13-20-8-10-21(11-9-20)16-4-2-1-3-5-16;3-1(4)2(5)6/h1-7,12H,8-11,13H2;(H,3,4)(H,5,6). The molecule has 8 heteroatoms. The van der Waals surface area contributed by atoms with Crippen LogP contribution in [0.4, 0.5) is 5.69 Å². The van der Waals surface area contributed by atoms with Crippen molar-refractivity contribution in [1.29, 1.82) is 0 Å². The summed E-state index contributed by atoms with van der Waals surface area (Å²) in [7, 11) is 0. The van der Waals surface area contributed by atoms with Crippen molar-refractivity contribution in [2.75, 3.05) is 31.1 Å². The molecule has 0 amide bonds. The van der Waals surface area contributed by atoms with Gasteiger partial charge < -0.3 is 15.1 Å². The molecule has 1 heterocycles. The number of nitrogens with zero attached hydrogens (tertiary/aromatic N) is 2. The van der Waals surface area contributed by atoms with Crippen LogP contribution in [0.15, 0.2) is 48.5 Å². The summed E-state index contributed by atoms with van der Waals surface area (Å²) in [5, 5.41) is 16.2. The molecule has 0 aromatic heterocycles. The van der Waals surface area contributed by atoms with E-state index in [0.717, 1.165) is 43.3 Å². The number of aliphatic carboxylic acids is 2. The molecule has 3 rings (SSSR count). The predicted molar refractivity (Wildman–Crippen MR) is 106 cm³/mol. The van der Waals surface area contributed by atoms with E-state index in [1.54, 1.807) is 0 Å². The van der Waals surface area contributed by atoms with Crippen LogP contribution in [-0.2, 0) is 16.1 Å². The van der Waals surface area contributed by atoms with E-state index < -0.39 is 11.9 Å². The molecule has 2 N–H and O–H groups in total. The number of para-hydroxylation sites is 1. The molecular formula is C19H20Cl2N2O4. The van der Waals surface area contributed by atoms with Crippen LogP contribution in [0.5, 0.6) is 0 Å². The Bertz CT molecular complexity index is 767. The predicted octanol–water partition coefficient (Wildman–Crippen LogP) is 3.47. The van der Waals surface area contributed by atoms with E-state index >= 15 is 0 Å². The number of piperazine rings is 1. The van der Waals surface area contributed by atoms with E-state index in [0.29, 0.717) is 5.02 Å². The summed E-state index contributed by atoms with van der Waals surface area (Å²) in [6, 6.07) is 16.3. The first kappa shape index (κ1) is 21.0. The maximum absolute atomic E-state index is 9.10. The van der Waals surface area contributed by atoms with Gasteiger partial charge in [0.1, 0.15) is 0 Å². The average molecular weight is 411 g/mol. The summed E-state index contributed by atoms with van der Waals surface area (Å²) in [4.78, 5) is 23.1. The van der Waals surface area contributed by atoms with Gasteiger partial charge in [-0.1, -0.05) is 47.5 Å². The fourth-order valence-electron chi connectivity index (χ4n) is 2.69. The van der Waals surface area contributed by atoms with Gasteiger partial charge in [0.05, 0.1) is 0 Å². The minimum atomic E-state index is -1.82. The number of benzene rings is 2. The van der Waals surface area contributed by atoms with E-state index in [-0.39, 0.29) is 0 Å². The number of rotatable bonds is 3. The molecule has 1 fully saturated rings. The Hall–Kier alpha value is -2.28. The second-order valence-corrected chi connectivity index (χ2v) is 6.79. The quantitative estimate of drug-likeness (QED) is 0.753. The van der Waals surface area contributed by atoms with Gasteiger partial charge in [0, 0.05) is 48.5 Å². The van der Waals surface area contributed by atoms with E-state index in [1.807, 2.05) is 18.2 Å². The Morgan fingerprint density at radius 1 is 0.889 bits per heavy atom. The molecule has 0 saturated carbocycles. The lowest BCUT2D eigenvalue weighted by Gasteiger charge is -2.36. The molecule has 2 aromatic carbocycles. The lowest BCUT2D eigenvalue weighted by molar-refractivity contribution is -0.159. The highest BCUT2D eigenvalue weighted by atomic mass is 35.5. The van der Waals surface area contributed by atoms with Crippen molar-refractivity contribution in [3.63, 3.8) is 0 Å². The SMILES string of the molecule is Clc1ccc(CN2CCN(c3ccccc3)CC2)c(Cl)c1.O=C(O)C(=O)O. The van der Waals surface area contributed by atoms with Gasteiger partial charge in [-0.05, 0) is 29.8 Å². The largest absolute Gasteiger partial charge is 0.473 e. The third-order valence-electron chi connectivity index (χ3n) is 4.09. The van der Waals surface area contributed by atoms with Gasteiger partial charge >= 0.3 is 11.9 Å². The van der Waals surface area contributed by atoms with Crippen molar-refractivity contribution in [2.24, 2.45) is 0 Å². The lowest BCUT2D eigenvalue weighted by Crippen LogP contribution is -2.45. The van der Waals surface area contributed by atoms with E-state index in [2.05, 4.69) is 40.1 Å². The highest BCUT2D eigenvalue weighted by molar-refractivity contribution is 6.35. The van der Waals surface area contributed by atoms with Gasteiger partial charge in [-0.15, -0.1) is 0 Å². The summed E-state index contributed by atoms with van der Waals surface area (Å²) in [5.41, 5.74) is 2.45. The zero-order valence-corrected chi connectivity index (χ0v) is 16.0. The molecule has 0 atom stereocenters. The average Bonchev–Trinajstić information content (AvgIpc) is 2.66. The number of hydrogen-bond acceptors (Lipinski definition) is 4. The zero-order chi connectivity index (χ0) is 19.8. The van der Waals surface area contributed by atoms with Gasteiger partial charge in [0.25, 0.3) is 0 Å². The molecule has 6 nitrogen and oxygen atoms in total. The Balaban J connectivity index is 0.000000380. The van der Waals surface area contributed by atoms with Crippen LogP contribution in [0.1, 0.15) is 5.56 Å². The van der Waals surface area contributed by atoms with Crippen LogP contribution in [0.3, 0.4) is 0 Å². The van der Waals surface area contributed by atoms with Crippen molar-refractivity contribution >= 4 is 40.8 Å². The van der Waals surface area contributed by atoms with Crippen molar-refractivity contribution in [2.45, 2.75) is 6.54 Å². The first-order valence-corrected chi connectivity index (χ1v) is 9.05. The second-order valence-electron chi connectivity index (χ2n) is 5.94. The number of anilines is 1. The van der Waals surface area contributed by atoms with E-state index in [4.69, 9.17) is 43.0 Å². The van der Waals surface area contributed by atoms with Gasteiger partial charge in [0.2, 0.25) is 0 Å². The van der Waals surface area contributed by atoms with E-state index in [1.165, 1.54) is 5.69 Å². The minimum absolute atomic E-state index is 0.692. The molecule has 1 aliphatic rings. The molecule has 2 aromatic rings. The monoisotopic (exact) mass is 410 g/mol. The van der Waals surface area contributed by atoms with Crippen LogP contribution in [0, 0.1) is 0 Å². The number of carbonyl (C=O) groups is 2. The number of hydrogen-bond donors (Lipinski definition) is 2. The summed E-state index contributed by atoms with van der Waals surface area (Å²) >= 11 is 12.2. The second kappa shape index (κ2) is 10.2. The van der Waals surface area contributed by atoms with Gasteiger partial charge in [-0.2, -0.15) is 0 Å². The van der Waals surface area contributed by atoms with Crippen LogP contribution in [0.2, 0.25) is 10.0 Å². The van der Waals surface area contributed by atoms with Gasteiger partial charge in [0.15, 0.2) is 0 Å². The topological polar surface area (TPSA) is 81.1 Å². The first-order chi connectivity index (χ1) is 12.9. The maximum atomic E-state index is 9.10. The van der Waals surface area contributed by atoms with Crippen molar-refractivity contribution in [1.82, 2.24) is 4.90 Å². The number of halogens is 2. The molecule has 0 unspecified atom stereocenters. The normalized spacial score (nSPS) is 14.2. The van der Waals surface area contributed by atoms with Crippen molar-refractivity contribution in [3.8, 4) is 0 Å². The molecule has 27 heavy (non-hydrogen) atoms. The van der Waals surface area contributed by atoms with Crippen LogP contribution in [0.25, 0.3) is 0 Å².